The van der Waals surface area contributed by atoms with Crippen molar-refractivity contribution in [2.24, 2.45) is 55.9 Å². The Morgan fingerprint density at radius 1 is 0.517 bits per heavy atom. The number of likely N-dealkylation sites (tertiary alicyclic amines) is 1. The fourth-order valence-corrected chi connectivity index (χ4v) is 9.70. The second-order valence-electron chi connectivity index (χ2n) is 21.3. The molecule has 0 radical (unpaired) electrons. The zero-order valence-corrected chi connectivity index (χ0v) is 50.0. The van der Waals surface area contributed by atoms with E-state index in [9.17, 15) is 52.7 Å². The average Bonchev–Trinajstić information content (AvgIpc) is 2.47. The van der Waals surface area contributed by atoms with Gasteiger partial charge in [-0.15, -0.1) is 0 Å². The Labute approximate surface area is 516 Å². The first kappa shape index (κ1) is 71.6. The lowest BCUT2D eigenvalue weighted by atomic mass is 10.0. The average molecular weight is 1240 g/mol. The van der Waals surface area contributed by atoms with Gasteiger partial charge in [-0.25, -0.2) is 0 Å². The van der Waals surface area contributed by atoms with E-state index in [1.165, 1.54) is 12.0 Å². The standard InChI is InChI=1S/C59H86N18O12/c1-89-38-23-21-37(22-24-38)32-43(70-49(80)33-36-15-6-3-7-16-36)53(84)75-44(31-35-13-4-2-5-14-35)54(85)72-41(25-26-47(61)78)52(83)76-45(34-48(62)79)55(86)74-42(19-11-29-69-59(66)67)57(88)77-30-12-20-46(77)56(87)73-40(18-10-28-68-58(64)65)51(82)71-39(50(63)81)17-8-9-27-60/h2-7,13-16,21-24,39-46H,8-12,17-20,25-34,60H2,1H3,(H2,61,78)(H2,62,79)(H2,63,81)(H,70,80)(H,71,82)(H,72,85)(H,73,87)(H,74,86)(H,75,84)(H,76,83)(H4,64,65,68)(H4,66,67,69)/t39?,40?,41?,42?,43?,44?,45?,46-/m0/s1. The molecular weight excluding hydrogens is 1150 g/mol. The van der Waals surface area contributed by atoms with Crippen LogP contribution in [0.2, 0.25) is 0 Å². The van der Waals surface area contributed by atoms with Gasteiger partial charge in [-0.05, 0) is 99.6 Å². The highest BCUT2D eigenvalue weighted by Gasteiger charge is 2.40. The predicted octanol–water partition coefficient (Wildman–Crippen LogP) is -4.03. The van der Waals surface area contributed by atoms with Crippen LogP contribution >= 0.6 is 0 Å². The van der Waals surface area contributed by atoms with E-state index in [1.807, 2.05) is 0 Å². The van der Waals surface area contributed by atoms with Gasteiger partial charge in [-0.2, -0.15) is 0 Å². The lowest BCUT2D eigenvalue weighted by molar-refractivity contribution is -0.143. The van der Waals surface area contributed by atoms with Gasteiger partial charge in [-0.1, -0.05) is 72.8 Å². The van der Waals surface area contributed by atoms with Crippen molar-refractivity contribution in [2.75, 3.05) is 33.3 Å². The number of hydrogen-bond acceptors (Lipinski definition) is 15. The summed E-state index contributed by atoms with van der Waals surface area (Å²) in [4.78, 5) is 161. The number of rotatable bonds is 39. The molecule has 484 valence electrons. The SMILES string of the molecule is COc1ccc(CC(NC(=O)Cc2ccccc2)C(=O)NC(Cc2ccccc2)C(=O)NC(CCC(N)=O)C(=O)NC(CC(N)=O)C(=O)NC(CCCN=C(N)N)C(=O)N2CCC[C@H]2C(=O)NC(CCCN=C(N)N)C(=O)NC(CCCCN)C(N)=O)cc1. The molecule has 89 heavy (non-hydrogen) atoms. The van der Waals surface area contributed by atoms with Crippen LogP contribution in [0.4, 0.5) is 0 Å². The Bertz CT molecular complexity index is 2930. The number of benzene rings is 3. The first-order chi connectivity index (χ1) is 42.5. The van der Waals surface area contributed by atoms with Crippen molar-refractivity contribution >= 4 is 76.9 Å². The minimum atomic E-state index is -1.84. The molecule has 23 N–H and O–H groups in total. The minimum absolute atomic E-state index is 0.00404. The van der Waals surface area contributed by atoms with Gasteiger partial charge in [0.15, 0.2) is 11.9 Å². The molecule has 0 aromatic heterocycles. The summed E-state index contributed by atoms with van der Waals surface area (Å²) in [6.45, 7) is 0.394. The molecule has 0 saturated carbocycles. The third-order valence-corrected chi connectivity index (χ3v) is 14.3. The number of hydrogen-bond donors (Lipinski definition) is 15. The van der Waals surface area contributed by atoms with Crippen LogP contribution in [0.3, 0.4) is 0 Å². The van der Waals surface area contributed by atoms with Gasteiger partial charge in [0.2, 0.25) is 65.0 Å². The molecule has 1 fully saturated rings. The number of unbranched alkanes of at least 4 members (excludes halogenated alkanes) is 1. The van der Waals surface area contributed by atoms with Crippen LogP contribution in [-0.4, -0.2) is 163 Å². The molecule has 30 nitrogen and oxygen atoms in total. The topological polar surface area (TPSA) is 517 Å². The molecule has 0 bridgehead atoms. The number of nitrogens with zero attached hydrogens (tertiary/aromatic N) is 3. The number of primary amides is 3. The number of nitrogens with two attached hydrogens (primary N) is 8. The Kier molecular flexibility index (Phi) is 30.3. The van der Waals surface area contributed by atoms with E-state index in [1.54, 1.807) is 84.9 Å². The van der Waals surface area contributed by atoms with Crippen LogP contribution in [0.15, 0.2) is 94.9 Å². The number of amides is 11. The summed E-state index contributed by atoms with van der Waals surface area (Å²) in [7, 11) is 1.49. The molecule has 0 aliphatic carbocycles. The van der Waals surface area contributed by atoms with E-state index in [4.69, 9.17) is 50.6 Å². The summed E-state index contributed by atoms with van der Waals surface area (Å²) in [5, 5.41) is 18.4. The second kappa shape index (κ2) is 37.6. The Morgan fingerprint density at radius 2 is 0.989 bits per heavy atom. The van der Waals surface area contributed by atoms with Crippen LogP contribution in [0, 0.1) is 0 Å². The van der Waals surface area contributed by atoms with Gasteiger partial charge in [0.1, 0.15) is 54.1 Å². The van der Waals surface area contributed by atoms with Gasteiger partial charge in [0.25, 0.3) is 0 Å². The van der Waals surface area contributed by atoms with Gasteiger partial charge in [0.05, 0.1) is 20.0 Å². The summed E-state index contributed by atoms with van der Waals surface area (Å²) in [6.07, 6.45) is -0.350. The summed E-state index contributed by atoms with van der Waals surface area (Å²) in [5.74, 6) is -9.43. The van der Waals surface area contributed by atoms with E-state index in [2.05, 4.69) is 47.2 Å². The van der Waals surface area contributed by atoms with Crippen LogP contribution in [0.25, 0.3) is 0 Å². The zero-order valence-electron chi connectivity index (χ0n) is 50.0. The van der Waals surface area contributed by atoms with Crippen LogP contribution in [0.1, 0.15) is 93.7 Å². The molecule has 30 heteroatoms. The third-order valence-electron chi connectivity index (χ3n) is 14.3. The van der Waals surface area contributed by atoms with Crippen LogP contribution < -0.4 is 87.8 Å². The summed E-state index contributed by atoms with van der Waals surface area (Å²) in [6, 6.07) is 12.9. The largest absolute Gasteiger partial charge is 0.497 e. The number of carbonyl (C=O) groups is 11. The number of guanidine groups is 2. The third kappa shape index (κ3) is 25.9. The van der Waals surface area contributed by atoms with Crippen molar-refractivity contribution in [3.63, 3.8) is 0 Å². The summed E-state index contributed by atoms with van der Waals surface area (Å²) < 4.78 is 5.29. The molecule has 3 aromatic carbocycles. The van der Waals surface area contributed by atoms with Crippen molar-refractivity contribution in [1.29, 1.82) is 0 Å². The van der Waals surface area contributed by atoms with Crippen LogP contribution in [-0.2, 0) is 72.0 Å². The van der Waals surface area contributed by atoms with Gasteiger partial charge < -0.3 is 92.7 Å². The fraction of sp³-hybridized carbons (Fsp3) is 0.475. The smallest absolute Gasteiger partial charge is 0.245 e. The number of ether oxygens (including phenoxy) is 1. The normalized spacial score (nSPS) is 14.9. The van der Waals surface area contributed by atoms with Crippen molar-refractivity contribution in [2.45, 2.75) is 145 Å². The van der Waals surface area contributed by atoms with Gasteiger partial charge >= 0.3 is 0 Å². The molecule has 1 heterocycles. The van der Waals surface area contributed by atoms with E-state index >= 15 is 0 Å². The number of methoxy groups -OCH3 is 1. The van der Waals surface area contributed by atoms with Crippen molar-refractivity contribution in [3.8, 4) is 5.75 Å². The monoisotopic (exact) mass is 1240 g/mol. The van der Waals surface area contributed by atoms with E-state index in [-0.39, 0.29) is 89.3 Å². The fourth-order valence-electron chi connectivity index (χ4n) is 9.70. The first-order valence-corrected chi connectivity index (χ1v) is 29.3. The first-order valence-electron chi connectivity index (χ1n) is 29.3. The van der Waals surface area contributed by atoms with E-state index in [0.717, 1.165) is 0 Å². The summed E-state index contributed by atoms with van der Waals surface area (Å²) >= 11 is 0. The second-order valence-corrected chi connectivity index (χ2v) is 21.3. The molecule has 1 saturated heterocycles. The van der Waals surface area contributed by atoms with E-state index < -0.39 is 133 Å². The maximum atomic E-state index is 14.7. The number of nitrogens with one attached hydrogen (secondary N) is 7. The van der Waals surface area contributed by atoms with Crippen molar-refractivity contribution < 1.29 is 57.5 Å². The molecule has 7 unspecified atom stereocenters. The van der Waals surface area contributed by atoms with Crippen molar-refractivity contribution in [3.05, 3.63) is 102 Å². The van der Waals surface area contributed by atoms with E-state index in [0.29, 0.717) is 48.2 Å². The minimum Gasteiger partial charge on any atom is -0.497 e. The molecule has 1 aliphatic rings. The highest BCUT2D eigenvalue weighted by Crippen LogP contribution is 2.21. The maximum Gasteiger partial charge on any atom is 0.245 e. The number of carbonyl (C=O) groups excluding carboxylic acids is 11. The van der Waals surface area contributed by atoms with Crippen molar-refractivity contribution in [1.82, 2.24) is 42.1 Å². The van der Waals surface area contributed by atoms with Crippen LogP contribution in [0.5, 0.6) is 5.75 Å². The maximum absolute atomic E-state index is 14.7. The lowest BCUT2D eigenvalue weighted by Crippen LogP contribution is -2.60. The Hall–Kier alpha value is -9.87. The predicted molar refractivity (Wildman–Crippen MR) is 329 cm³/mol. The molecule has 11 amide bonds. The highest BCUT2D eigenvalue weighted by molar-refractivity contribution is 5.99. The Balaban J connectivity index is 1.62. The molecule has 1 aliphatic heterocycles. The quantitative estimate of drug-likeness (QED) is 0.0147. The summed E-state index contributed by atoms with van der Waals surface area (Å²) in [5.41, 5.74) is 46.3. The molecule has 8 atom stereocenters. The Morgan fingerprint density at radius 3 is 1.53 bits per heavy atom. The molecule has 4 rings (SSSR count). The molecular formula is C59H86N18O12. The van der Waals surface area contributed by atoms with Gasteiger partial charge in [-0.3, -0.25) is 62.7 Å². The lowest BCUT2D eigenvalue weighted by Gasteiger charge is -2.31. The zero-order chi connectivity index (χ0) is 65.4. The number of aliphatic imine (C=N–C) groups is 2. The highest BCUT2D eigenvalue weighted by atomic mass is 16.5. The molecule has 3 aromatic rings. The van der Waals surface area contributed by atoms with Gasteiger partial charge in [0, 0.05) is 38.9 Å². The molecule has 0 spiro atoms.